The zero-order chi connectivity index (χ0) is 22.3. The summed E-state index contributed by atoms with van der Waals surface area (Å²) in [5.74, 6) is 2.82. The Bertz CT molecular complexity index is 936. The first-order valence-electron chi connectivity index (χ1n) is 10.6. The van der Waals surface area contributed by atoms with Gasteiger partial charge in [-0.05, 0) is 30.2 Å². The average Bonchev–Trinajstić information content (AvgIpc) is 2.77. The Kier molecular flexibility index (Phi) is 8.41. The molecule has 2 aromatic rings. The van der Waals surface area contributed by atoms with E-state index in [0.29, 0.717) is 6.42 Å². The summed E-state index contributed by atoms with van der Waals surface area (Å²) in [7, 11) is 0. The van der Waals surface area contributed by atoms with Crippen LogP contribution < -0.4 is 5.32 Å². The summed E-state index contributed by atoms with van der Waals surface area (Å²) in [6, 6.07) is 20.0. The van der Waals surface area contributed by atoms with Crippen LogP contribution in [0.2, 0.25) is 0 Å². The second-order valence-corrected chi connectivity index (χ2v) is 11.2. The third kappa shape index (κ3) is 6.02. The van der Waals surface area contributed by atoms with E-state index in [4.69, 9.17) is 9.05 Å². The van der Waals surface area contributed by atoms with Crippen LogP contribution in [0.25, 0.3) is 0 Å². The molecule has 0 bridgehead atoms. The van der Waals surface area contributed by atoms with Crippen molar-refractivity contribution < 1.29 is 18.7 Å². The summed E-state index contributed by atoms with van der Waals surface area (Å²) in [5.41, 5.74) is 0.915. The van der Waals surface area contributed by atoms with Crippen LogP contribution >= 0.6 is 18.2 Å². The highest BCUT2D eigenvalue weighted by Gasteiger charge is 2.45. The first-order chi connectivity index (χ1) is 14.9. The molecular formula is C24H30NO4PS. The third-order valence-electron chi connectivity index (χ3n) is 5.51. The maximum absolute atomic E-state index is 12.7. The minimum absolute atomic E-state index is 0.0718. The first kappa shape index (κ1) is 24.1. The fourth-order valence-corrected chi connectivity index (χ4v) is 6.44. The van der Waals surface area contributed by atoms with Gasteiger partial charge in [0.15, 0.2) is 0 Å². The van der Waals surface area contributed by atoms with Crippen molar-refractivity contribution in [3.63, 3.8) is 0 Å². The van der Waals surface area contributed by atoms with Crippen molar-refractivity contribution in [3.8, 4) is 11.2 Å². The monoisotopic (exact) mass is 459 g/mol. The lowest BCUT2D eigenvalue weighted by Gasteiger charge is -2.45. The minimum Gasteiger partial charge on any atom is -0.377 e. The second kappa shape index (κ2) is 10.8. The maximum atomic E-state index is 12.7. The third-order valence-corrected chi connectivity index (χ3v) is 8.65. The Morgan fingerprint density at radius 2 is 1.61 bits per heavy atom. The number of aliphatic hydroxyl groups is 1. The average molecular weight is 460 g/mol. The molecule has 0 spiro atoms. The molecule has 0 aromatic heterocycles. The summed E-state index contributed by atoms with van der Waals surface area (Å²) in [6.45, 7) is 2.68. The Morgan fingerprint density at radius 3 is 2.16 bits per heavy atom. The van der Waals surface area contributed by atoms with Gasteiger partial charge >= 0.3 is 6.80 Å². The molecule has 1 fully saturated rings. The Labute approximate surface area is 189 Å². The molecular weight excluding hydrogens is 429 g/mol. The van der Waals surface area contributed by atoms with Crippen LogP contribution in [0.5, 0.6) is 0 Å². The van der Waals surface area contributed by atoms with Gasteiger partial charge in [-0.25, -0.2) is 4.57 Å². The van der Waals surface area contributed by atoms with Crippen molar-refractivity contribution >= 4 is 18.2 Å². The second-order valence-electron chi connectivity index (χ2n) is 7.54. The molecule has 1 saturated heterocycles. The predicted molar refractivity (Wildman–Crippen MR) is 126 cm³/mol. The number of benzene rings is 2. The molecule has 3 rings (SSSR count). The van der Waals surface area contributed by atoms with Gasteiger partial charge in [0.25, 0.3) is 0 Å². The van der Waals surface area contributed by atoms with Gasteiger partial charge in [-0.3, -0.25) is 0 Å². The van der Waals surface area contributed by atoms with Crippen molar-refractivity contribution in [2.24, 2.45) is 5.92 Å². The lowest BCUT2D eigenvalue weighted by Crippen LogP contribution is -2.51. The SMILES string of the molecule is CCOP(=O)(OCC)SC#C[C@@]1(O)C[C@H](c2ccccc2)N[C@H](c2ccccc2)[C@H]1C. The fraction of sp³-hybridized carbons (Fsp3) is 0.417. The van der Waals surface area contributed by atoms with Crippen molar-refractivity contribution in [1.29, 1.82) is 0 Å². The van der Waals surface area contributed by atoms with Crippen molar-refractivity contribution in [3.05, 3.63) is 71.8 Å². The quantitative estimate of drug-likeness (QED) is 0.409. The molecule has 0 aliphatic carbocycles. The van der Waals surface area contributed by atoms with E-state index in [1.807, 2.05) is 43.3 Å². The molecule has 1 aliphatic rings. The van der Waals surface area contributed by atoms with Gasteiger partial charge in [0.1, 0.15) is 5.60 Å². The topological polar surface area (TPSA) is 67.8 Å². The van der Waals surface area contributed by atoms with Gasteiger partial charge in [-0.2, -0.15) is 0 Å². The van der Waals surface area contributed by atoms with E-state index in [0.717, 1.165) is 22.5 Å². The molecule has 166 valence electrons. The van der Waals surface area contributed by atoms with E-state index in [2.05, 4.69) is 40.8 Å². The van der Waals surface area contributed by atoms with Crippen LogP contribution in [0.3, 0.4) is 0 Å². The van der Waals surface area contributed by atoms with E-state index in [9.17, 15) is 9.67 Å². The van der Waals surface area contributed by atoms with Gasteiger partial charge < -0.3 is 19.5 Å². The predicted octanol–water partition coefficient (Wildman–Crippen LogP) is 5.70. The fourth-order valence-electron chi connectivity index (χ4n) is 3.88. The lowest BCUT2D eigenvalue weighted by molar-refractivity contribution is -0.0196. The first-order valence-corrected chi connectivity index (χ1v) is 13.6. The minimum atomic E-state index is -3.37. The molecule has 7 heteroatoms. The van der Waals surface area contributed by atoms with Crippen LogP contribution in [-0.2, 0) is 13.6 Å². The van der Waals surface area contributed by atoms with E-state index >= 15 is 0 Å². The van der Waals surface area contributed by atoms with E-state index in [-0.39, 0.29) is 31.2 Å². The Hall–Kier alpha value is -1.58. The molecule has 4 atom stereocenters. The van der Waals surface area contributed by atoms with Gasteiger partial charge in [0, 0.05) is 35.8 Å². The molecule has 0 saturated carbocycles. The standard InChI is InChI=1S/C24H30NO4PS/c1-4-28-30(27,29-5-2)31-17-16-24(26)18-22(20-12-8-6-9-13-20)25-23(19(24)3)21-14-10-7-11-15-21/h6-15,19,22-23,25-26H,4-5,18H2,1-3H3/t19-,22-,23+,24-/m1/s1. The molecule has 2 aromatic carbocycles. The molecule has 0 unspecified atom stereocenters. The van der Waals surface area contributed by atoms with Crippen LogP contribution in [0.15, 0.2) is 60.7 Å². The molecule has 5 nitrogen and oxygen atoms in total. The van der Waals surface area contributed by atoms with Gasteiger partial charge in [-0.15, -0.1) is 0 Å². The van der Waals surface area contributed by atoms with E-state index in [1.54, 1.807) is 13.8 Å². The van der Waals surface area contributed by atoms with Crippen LogP contribution in [0.1, 0.15) is 50.4 Å². The number of nitrogens with one attached hydrogen (secondary N) is 1. The smallest absolute Gasteiger partial charge is 0.377 e. The highest BCUT2D eigenvalue weighted by molar-refractivity contribution is 8.57. The van der Waals surface area contributed by atoms with Crippen LogP contribution in [0.4, 0.5) is 0 Å². The molecule has 1 aliphatic heterocycles. The zero-order valence-corrected chi connectivity index (χ0v) is 19.9. The van der Waals surface area contributed by atoms with Crippen LogP contribution in [0, 0.1) is 17.1 Å². The van der Waals surface area contributed by atoms with E-state index < -0.39 is 12.4 Å². The van der Waals surface area contributed by atoms with E-state index in [1.165, 1.54) is 0 Å². The summed E-state index contributed by atoms with van der Waals surface area (Å²) in [4.78, 5) is 0. The largest absolute Gasteiger partial charge is 0.401 e. The zero-order valence-electron chi connectivity index (χ0n) is 18.2. The highest BCUT2D eigenvalue weighted by Crippen LogP contribution is 2.60. The normalized spacial score (nSPS) is 26.1. The number of piperidine rings is 1. The number of hydrogen-bond acceptors (Lipinski definition) is 6. The molecule has 0 radical (unpaired) electrons. The van der Waals surface area contributed by atoms with Crippen molar-refractivity contribution in [2.75, 3.05) is 13.2 Å². The van der Waals surface area contributed by atoms with Gasteiger partial charge in [0.2, 0.25) is 0 Å². The van der Waals surface area contributed by atoms with Crippen molar-refractivity contribution in [2.45, 2.75) is 44.9 Å². The molecule has 0 amide bonds. The van der Waals surface area contributed by atoms with Crippen molar-refractivity contribution in [1.82, 2.24) is 5.32 Å². The molecule has 1 heterocycles. The highest BCUT2D eigenvalue weighted by atomic mass is 32.7. The summed E-state index contributed by atoms with van der Waals surface area (Å²) in [5, 5.41) is 18.2. The summed E-state index contributed by atoms with van der Waals surface area (Å²) >= 11 is 0.831. The van der Waals surface area contributed by atoms with Gasteiger partial charge in [-0.1, -0.05) is 73.5 Å². The lowest BCUT2D eigenvalue weighted by atomic mass is 9.72. The van der Waals surface area contributed by atoms with Crippen LogP contribution in [-0.4, -0.2) is 23.9 Å². The molecule has 2 N–H and O–H groups in total. The Morgan fingerprint density at radius 1 is 1.06 bits per heavy atom. The molecule has 31 heavy (non-hydrogen) atoms. The van der Waals surface area contributed by atoms with Gasteiger partial charge in [0.05, 0.1) is 13.2 Å². The summed E-state index contributed by atoms with van der Waals surface area (Å²) < 4.78 is 23.3. The maximum Gasteiger partial charge on any atom is 0.401 e. The number of rotatable bonds is 7. The number of hydrogen-bond donors (Lipinski definition) is 2. The Balaban J connectivity index is 1.92. The summed E-state index contributed by atoms with van der Waals surface area (Å²) in [6.07, 6.45) is 0.419.